The molecular weight excluding hydrogens is 222 g/mol. The van der Waals surface area contributed by atoms with E-state index in [1.54, 1.807) is 0 Å². The van der Waals surface area contributed by atoms with Crippen molar-refractivity contribution in [2.24, 2.45) is 5.92 Å². The summed E-state index contributed by atoms with van der Waals surface area (Å²) in [4.78, 5) is 2.37. The third-order valence-electron chi connectivity index (χ3n) is 4.08. The summed E-state index contributed by atoms with van der Waals surface area (Å²) in [5.41, 5.74) is -0.342. The van der Waals surface area contributed by atoms with Crippen LogP contribution in [-0.4, -0.2) is 36.1 Å². The molecule has 1 saturated carbocycles. The molecule has 3 heteroatoms. The average Bonchev–Trinajstić information content (AvgIpc) is 3.13. The number of nitrogens with zero attached hydrogens (tertiary/aromatic N) is 2. The minimum atomic E-state index is -0.342. The molecule has 0 amide bonds. The Morgan fingerprint density at radius 2 is 1.89 bits per heavy atom. The lowest BCUT2D eigenvalue weighted by Crippen LogP contribution is -2.57. The van der Waals surface area contributed by atoms with Gasteiger partial charge in [-0.25, -0.2) is 0 Å². The molecule has 1 aliphatic rings. The van der Waals surface area contributed by atoms with E-state index in [-0.39, 0.29) is 5.54 Å². The first-order chi connectivity index (χ1) is 8.49. The van der Waals surface area contributed by atoms with Crippen LogP contribution in [0, 0.1) is 17.2 Å². The molecule has 0 bridgehead atoms. The van der Waals surface area contributed by atoms with Crippen molar-refractivity contribution < 1.29 is 0 Å². The van der Waals surface area contributed by atoms with Crippen molar-refractivity contribution in [3.8, 4) is 6.07 Å². The maximum Gasteiger partial charge on any atom is 0.122 e. The van der Waals surface area contributed by atoms with Crippen molar-refractivity contribution in [2.75, 3.05) is 13.6 Å². The van der Waals surface area contributed by atoms with Gasteiger partial charge in [0.05, 0.1) is 6.07 Å². The van der Waals surface area contributed by atoms with E-state index in [0.29, 0.717) is 18.0 Å². The molecule has 1 fully saturated rings. The molecule has 1 N–H and O–H groups in total. The average molecular weight is 251 g/mol. The highest BCUT2D eigenvalue weighted by molar-refractivity contribution is 5.17. The highest BCUT2D eigenvalue weighted by Crippen LogP contribution is 2.40. The van der Waals surface area contributed by atoms with Crippen LogP contribution in [0.4, 0.5) is 0 Å². The summed E-state index contributed by atoms with van der Waals surface area (Å²) in [5, 5.41) is 13.2. The molecular formula is C15H29N3. The Morgan fingerprint density at radius 3 is 2.22 bits per heavy atom. The van der Waals surface area contributed by atoms with Gasteiger partial charge in [-0.05, 0) is 52.5 Å². The van der Waals surface area contributed by atoms with Gasteiger partial charge in [-0.1, -0.05) is 13.8 Å². The van der Waals surface area contributed by atoms with Crippen LogP contribution < -0.4 is 5.32 Å². The van der Waals surface area contributed by atoms with Crippen LogP contribution in [0.25, 0.3) is 0 Å². The van der Waals surface area contributed by atoms with Gasteiger partial charge in [0.25, 0.3) is 0 Å². The zero-order valence-electron chi connectivity index (χ0n) is 12.7. The van der Waals surface area contributed by atoms with E-state index in [2.05, 4.69) is 51.0 Å². The lowest BCUT2D eigenvalue weighted by atomic mass is 9.92. The van der Waals surface area contributed by atoms with Crippen molar-refractivity contribution in [3.05, 3.63) is 0 Å². The standard InChI is InChI=1S/C15H29N3/c1-6-14(7-2)18(5)11-15(10-16,13-8-9-13)17-12(3)4/h12-14,17H,6-9,11H2,1-5H3. The fourth-order valence-corrected chi connectivity index (χ4v) is 2.98. The molecule has 0 aromatic heterocycles. The van der Waals surface area contributed by atoms with Crippen LogP contribution in [0.1, 0.15) is 53.4 Å². The predicted molar refractivity (Wildman–Crippen MR) is 76.3 cm³/mol. The zero-order valence-corrected chi connectivity index (χ0v) is 12.7. The van der Waals surface area contributed by atoms with E-state index in [9.17, 15) is 5.26 Å². The maximum absolute atomic E-state index is 9.67. The second kappa shape index (κ2) is 6.54. The molecule has 1 atom stereocenters. The number of rotatable bonds is 8. The number of hydrogen-bond acceptors (Lipinski definition) is 3. The van der Waals surface area contributed by atoms with Crippen molar-refractivity contribution >= 4 is 0 Å². The Kier molecular flexibility index (Phi) is 5.62. The van der Waals surface area contributed by atoms with Crippen LogP contribution in [0.15, 0.2) is 0 Å². The van der Waals surface area contributed by atoms with E-state index < -0.39 is 0 Å². The van der Waals surface area contributed by atoms with Crippen LogP contribution in [-0.2, 0) is 0 Å². The van der Waals surface area contributed by atoms with Crippen molar-refractivity contribution in [1.29, 1.82) is 5.26 Å². The van der Waals surface area contributed by atoms with Gasteiger partial charge in [-0.15, -0.1) is 0 Å². The van der Waals surface area contributed by atoms with Crippen molar-refractivity contribution in [3.63, 3.8) is 0 Å². The summed E-state index contributed by atoms with van der Waals surface area (Å²) in [6.07, 6.45) is 4.70. The Hall–Kier alpha value is -0.590. The lowest BCUT2D eigenvalue weighted by molar-refractivity contribution is 0.163. The molecule has 1 aliphatic carbocycles. The number of nitriles is 1. The van der Waals surface area contributed by atoms with Gasteiger partial charge in [0.15, 0.2) is 0 Å². The van der Waals surface area contributed by atoms with Crippen molar-refractivity contribution in [1.82, 2.24) is 10.2 Å². The zero-order chi connectivity index (χ0) is 13.8. The van der Waals surface area contributed by atoms with Gasteiger partial charge in [0, 0.05) is 18.6 Å². The number of nitrogens with one attached hydrogen (secondary N) is 1. The molecule has 0 aromatic carbocycles. The summed E-state index contributed by atoms with van der Waals surface area (Å²) >= 11 is 0. The Balaban J connectivity index is 2.75. The van der Waals surface area contributed by atoms with Gasteiger partial charge in [0.1, 0.15) is 5.54 Å². The fourth-order valence-electron chi connectivity index (χ4n) is 2.98. The largest absolute Gasteiger partial charge is 0.301 e. The van der Waals surface area contributed by atoms with Crippen LogP contribution in [0.5, 0.6) is 0 Å². The second-order valence-corrected chi connectivity index (χ2v) is 6.04. The van der Waals surface area contributed by atoms with Gasteiger partial charge < -0.3 is 4.90 Å². The highest BCUT2D eigenvalue weighted by Gasteiger charge is 2.46. The third-order valence-corrected chi connectivity index (χ3v) is 4.08. The predicted octanol–water partition coefficient (Wildman–Crippen LogP) is 2.78. The van der Waals surface area contributed by atoms with Gasteiger partial charge in [-0.3, -0.25) is 5.32 Å². The SMILES string of the molecule is CCC(CC)N(C)CC(C#N)(NC(C)C)C1CC1. The van der Waals surface area contributed by atoms with E-state index in [1.165, 1.54) is 12.8 Å². The number of hydrogen-bond donors (Lipinski definition) is 1. The van der Waals surface area contributed by atoms with Gasteiger partial charge in [-0.2, -0.15) is 5.26 Å². The first kappa shape index (κ1) is 15.5. The first-order valence-electron chi connectivity index (χ1n) is 7.38. The molecule has 0 saturated heterocycles. The Bertz CT molecular complexity index is 287. The van der Waals surface area contributed by atoms with E-state index in [4.69, 9.17) is 0 Å². The maximum atomic E-state index is 9.67. The molecule has 0 aliphatic heterocycles. The van der Waals surface area contributed by atoms with Crippen LogP contribution in [0.3, 0.4) is 0 Å². The summed E-state index contributed by atoms with van der Waals surface area (Å²) in [5.74, 6) is 0.543. The molecule has 104 valence electrons. The first-order valence-corrected chi connectivity index (χ1v) is 7.38. The lowest BCUT2D eigenvalue weighted by Gasteiger charge is -2.37. The van der Waals surface area contributed by atoms with Crippen LogP contribution in [0.2, 0.25) is 0 Å². The Morgan fingerprint density at radius 1 is 1.33 bits per heavy atom. The summed E-state index contributed by atoms with van der Waals surface area (Å²) < 4.78 is 0. The minimum absolute atomic E-state index is 0.342. The Labute approximate surface area is 113 Å². The second-order valence-electron chi connectivity index (χ2n) is 6.04. The van der Waals surface area contributed by atoms with E-state index in [0.717, 1.165) is 19.4 Å². The molecule has 1 unspecified atom stereocenters. The fraction of sp³-hybridized carbons (Fsp3) is 0.933. The third kappa shape index (κ3) is 3.70. The molecule has 0 aromatic rings. The minimum Gasteiger partial charge on any atom is -0.301 e. The quantitative estimate of drug-likeness (QED) is 0.721. The molecule has 3 nitrogen and oxygen atoms in total. The van der Waals surface area contributed by atoms with Gasteiger partial charge in [0.2, 0.25) is 0 Å². The number of likely N-dealkylation sites (N-methyl/N-ethyl adjacent to an activating group) is 1. The van der Waals surface area contributed by atoms with Gasteiger partial charge >= 0.3 is 0 Å². The monoisotopic (exact) mass is 251 g/mol. The molecule has 18 heavy (non-hydrogen) atoms. The molecule has 0 heterocycles. The van der Waals surface area contributed by atoms with E-state index in [1.807, 2.05) is 0 Å². The smallest absolute Gasteiger partial charge is 0.122 e. The normalized spacial score (nSPS) is 19.3. The summed E-state index contributed by atoms with van der Waals surface area (Å²) in [6, 6.07) is 3.54. The van der Waals surface area contributed by atoms with Crippen LogP contribution >= 0.6 is 0 Å². The van der Waals surface area contributed by atoms with Crippen molar-refractivity contribution in [2.45, 2.75) is 71.0 Å². The molecule has 0 spiro atoms. The highest BCUT2D eigenvalue weighted by atomic mass is 15.2. The molecule has 1 rings (SSSR count). The van der Waals surface area contributed by atoms with E-state index >= 15 is 0 Å². The topological polar surface area (TPSA) is 39.1 Å². The summed E-state index contributed by atoms with van der Waals surface area (Å²) in [7, 11) is 2.16. The molecule has 0 radical (unpaired) electrons. The summed E-state index contributed by atoms with van der Waals surface area (Å²) in [6.45, 7) is 9.56.